The predicted molar refractivity (Wildman–Crippen MR) is 53.1 cm³/mol. The van der Waals surface area contributed by atoms with Gasteiger partial charge in [0, 0.05) is 6.07 Å². The van der Waals surface area contributed by atoms with Crippen LogP contribution in [0.25, 0.3) is 0 Å². The zero-order chi connectivity index (χ0) is 11.3. The first-order chi connectivity index (χ1) is 7.19. The fourth-order valence-corrected chi connectivity index (χ4v) is 0.988. The zero-order valence-corrected chi connectivity index (χ0v) is 8.06. The molecule has 15 heavy (non-hydrogen) atoms. The molecule has 0 aliphatic carbocycles. The largest absolute Gasteiger partial charge is 0.295 e. The van der Waals surface area contributed by atoms with Crippen LogP contribution < -0.4 is 5.48 Å². The molecule has 0 saturated heterocycles. The molecular formula is C9H9N3O3. The van der Waals surface area contributed by atoms with Crippen LogP contribution >= 0.6 is 0 Å². The first-order valence-corrected chi connectivity index (χ1v) is 4.25. The Balaban J connectivity index is 3.05. The van der Waals surface area contributed by atoms with Gasteiger partial charge in [-0.25, -0.2) is 0 Å². The van der Waals surface area contributed by atoms with Gasteiger partial charge < -0.3 is 0 Å². The minimum atomic E-state index is -0.567. The quantitative estimate of drug-likeness (QED) is 0.601. The van der Waals surface area contributed by atoms with Gasteiger partial charge in [0.05, 0.1) is 23.2 Å². The molecule has 6 nitrogen and oxygen atoms in total. The number of hydrogen-bond acceptors (Lipinski definition) is 5. The lowest BCUT2D eigenvalue weighted by atomic mass is 10.2. The second-order valence-corrected chi connectivity index (χ2v) is 2.64. The van der Waals surface area contributed by atoms with E-state index in [1.165, 1.54) is 18.2 Å². The third kappa shape index (κ3) is 2.65. The van der Waals surface area contributed by atoms with E-state index in [-0.39, 0.29) is 16.9 Å². The van der Waals surface area contributed by atoms with Gasteiger partial charge in [-0.3, -0.25) is 20.4 Å². The number of benzene rings is 1. The maximum Gasteiger partial charge on any atom is 0.295 e. The van der Waals surface area contributed by atoms with Crippen molar-refractivity contribution in [3.63, 3.8) is 0 Å². The van der Waals surface area contributed by atoms with Crippen molar-refractivity contribution in [2.45, 2.75) is 6.92 Å². The summed E-state index contributed by atoms with van der Waals surface area (Å²) >= 11 is 0. The van der Waals surface area contributed by atoms with Crippen LogP contribution in [0.3, 0.4) is 0 Å². The number of nitrogens with zero attached hydrogens (tertiary/aromatic N) is 2. The first kappa shape index (κ1) is 10.9. The maximum absolute atomic E-state index is 10.7. The van der Waals surface area contributed by atoms with Crippen LogP contribution in [0, 0.1) is 21.4 Å². The predicted octanol–water partition coefficient (Wildman–Crippen LogP) is 1.83. The molecule has 0 fully saturated rings. The van der Waals surface area contributed by atoms with Crippen molar-refractivity contribution >= 4 is 11.4 Å². The van der Waals surface area contributed by atoms with E-state index < -0.39 is 4.92 Å². The Morgan fingerprint density at radius 3 is 2.93 bits per heavy atom. The lowest BCUT2D eigenvalue weighted by molar-refractivity contribution is -0.384. The molecule has 0 aliphatic rings. The van der Waals surface area contributed by atoms with Crippen LogP contribution in [0.1, 0.15) is 12.5 Å². The Kier molecular flexibility index (Phi) is 3.60. The highest BCUT2D eigenvalue weighted by molar-refractivity contribution is 5.62. The van der Waals surface area contributed by atoms with Gasteiger partial charge in [0.25, 0.3) is 5.69 Å². The SMILES string of the molecule is CCONc1ccc(C#N)cc1[N+](=O)[O-]. The van der Waals surface area contributed by atoms with E-state index in [9.17, 15) is 10.1 Å². The second-order valence-electron chi connectivity index (χ2n) is 2.64. The molecule has 78 valence electrons. The van der Waals surface area contributed by atoms with Crippen LogP contribution in [0.15, 0.2) is 18.2 Å². The first-order valence-electron chi connectivity index (χ1n) is 4.25. The van der Waals surface area contributed by atoms with Gasteiger partial charge in [0.15, 0.2) is 0 Å². The molecule has 6 heteroatoms. The van der Waals surface area contributed by atoms with Gasteiger partial charge in [0.1, 0.15) is 5.69 Å². The van der Waals surface area contributed by atoms with E-state index in [4.69, 9.17) is 10.1 Å². The van der Waals surface area contributed by atoms with Crippen LogP contribution in [0.4, 0.5) is 11.4 Å². The molecule has 0 radical (unpaired) electrons. The van der Waals surface area contributed by atoms with Crippen LogP contribution in [-0.2, 0) is 4.84 Å². The number of anilines is 1. The Morgan fingerprint density at radius 2 is 2.40 bits per heavy atom. The highest BCUT2D eigenvalue weighted by Gasteiger charge is 2.14. The third-order valence-corrected chi connectivity index (χ3v) is 1.65. The van der Waals surface area contributed by atoms with Gasteiger partial charge in [-0.15, -0.1) is 0 Å². The Bertz CT molecular complexity index is 412. The topological polar surface area (TPSA) is 88.2 Å². The molecule has 1 rings (SSSR count). The van der Waals surface area contributed by atoms with Gasteiger partial charge >= 0.3 is 0 Å². The summed E-state index contributed by atoms with van der Waals surface area (Å²) in [4.78, 5) is 14.9. The molecular weight excluding hydrogens is 198 g/mol. The summed E-state index contributed by atoms with van der Waals surface area (Å²) in [5, 5.41) is 19.2. The standard InChI is InChI=1S/C9H9N3O3/c1-2-15-11-8-4-3-7(6-10)5-9(8)12(13)14/h3-5,11H,2H2,1H3. The van der Waals surface area contributed by atoms with Gasteiger partial charge in [-0.1, -0.05) is 0 Å². The van der Waals surface area contributed by atoms with E-state index in [1.54, 1.807) is 6.92 Å². The Morgan fingerprint density at radius 1 is 1.67 bits per heavy atom. The van der Waals surface area contributed by atoms with Crippen molar-refractivity contribution in [1.29, 1.82) is 5.26 Å². The van der Waals surface area contributed by atoms with Gasteiger partial charge in [-0.2, -0.15) is 5.26 Å². The molecule has 1 N–H and O–H groups in total. The van der Waals surface area contributed by atoms with E-state index >= 15 is 0 Å². The van der Waals surface area contributed by atoms with Crippen molar-refractivity contribution in [3.05, 3.63) is 33.9 Å². The molecule has 0 aliphatic heterocycles. The number of rotatable bonds is 4. The third-order valence-electron chi connectivity index (χ3n) is 1.65. The number of nitriles is 1. The van der Waals surface area contributed by atoms with E-state index in [0.29, 0.717) is 6.61 Å². The van der Waals surface area contributed by atoms with Crippen LogP contribution in [0.5, 0.6) is 0 Å². The molecule has 1 aromatic rings. The van der Waals surface area contributed by atoms with Gasteiger partial charge in [0.2, 0.25) is 0 Å². The molecule has 0 saturated carbocycles. The summed E-state index contributed by atoms with van der Waals surface area (Å²) in [7, 11) is 0. The minimum Gasteiger partial charge on any atom is -0.276 e. The van der Waals surface area contributed by atoms with Crippen molar-refractivity contribution in [1.82, 2.24) is 0 Å². The monoisotopic (exact) mass is 207 g/mol. The van der Waals surface area contributed by atoms with Gasteiger partial charge in [-0.05, 0) is 19.1 Å². The summed E-state index contributed by atoms with van der Waals surface area (Å²) in [6.07, 6.45) is 0. The molecule has 0 aromatic heterocycles. The highest BCUT2D eigenvalue weighted by atomic mass is 16.6. The number of hydrogen-bond donors (Lipinski definition) is 1. The number of nitro groups is 1. The lowest BCUT2D eigenvalue weighted by Crippen LogP contribution is -2.03. The summed E-state index contributed by atoms with van der Waals surface area (Å²) < 4.78 is 0. The van der Waals surface area contributed by atoms with E-state index in [0.717, 1.165) is 0 Å². The van der Waals surface area contributed by atoms with Crippen molar-refractivity contribution < 1.29 is 9.76 Å². The number of nitrogens with one attached hydrogen (secondary N) is 1. The normalized spacial score (nSPS) is 9.33. The Hall–Kier alpha value is -2.13. The summed E-state index contributed by atoms with van der Waals surface area (Å²) in [6.45, 7) is 2.14. The average Bonchev–Trinajstić information content (AvgIpc) is 2.26. The summed E-state index contributed by atoms with van der Waals surface area (Å²) in [5.41, 5.74) is 2.74. The second kappa shape index (κ2) is 4.93. The van der Waals surface area contributed by atoms with Crippen molar-refractivity contribution in [2.24, 2.45) is 0 Å². The maximum atomic E-state index is 10.7. The molecule has 0 amide bonds. The molecule has 1 aromatic carbocycles. The fourth-order valence-electron chi connectivity index (χ4n) is 0.988. The Labute approximate surface area is 86.2 Å². The smallest absolute Gasteiger partial charge is 0.276 e. The van der Waals surface area contributed by atoms with Crippen LogP contribution in [0.2, 0.25) is 0 Å². The summed E-state index contributed by atoms with van der Waals surface area (Å²) in [5.74, 6) is 0. The number of nitro benzene ring substituents is 1. The molecule has 0 bridgehead atoms. The minimum absolute atomic E-state index is 0.178. The molecule has 0 heterocycles. The van der Waals surface area contributed by atoms with Crippen molar-refractivity contribution in [3.8, 4) is 6.07 Å². The van der Waals surface area contributed by atoms with Crippen molar-refractivity contribution in [2.75, 3.05) is 12.1 Å². The highest BCUT2D eigenvalue weighted by Crippen LogP contribution is 2.25. The molecule has 0 atom stereocenters. The average molecular weight is 207 g/mol. The fraction of sp³-hybridized carbons (Fsp3) is 0.222. The lowest BCUT2D eigenvalue weighted by Gasteiger charge is -2.05. The zero-order valence-electron chi connectivity index (χ0n) is 8.06. The summed E-state index contributed by atoms with van der Waals surface area (Å²) in [6, 6.07) is 5.95. The van der Waals surface area contributed by atoms with Crippen LogP contribution in [-0.4, -0.2) is 11.5 Å². The molecule has 0 spiro atoms. The molecule has 0 unspecified atom stereocenters. The van der Waals surface area contributed by atoms with E-state index in [2.05, 4.69) is 5.48 Å². The van der Waals surface area contributed by atoms with E-state index in [1.807, 2.05) is 6.07 Å².